The number of fused-ring (bicyclic) bond motifs is 1. The van der Waals surface area contributed by atoms with Crippen molar-refractivity contribution in [3.63, 3.8) is 0 Å². The predicted octanol–water partition coefficient (Wildman–Crippen LogP) is 4.39. The van der Waals surface area contributed by atoms with Gasteiger partial charge in [0, 0.05) is 28.3 Å². The number of anilines is 2. The summed E-state index contributed by atoms with van der Waals surface area (Å²) in [6.07, 6.45) is 1.26. The van der Waals surface area contributed by atoms with E-state index in [4.69, 9.17) is 9.47 Å². The summed E-state index contributed by atoms with van der Waals surface area (Å²) in [6.45, 7) is 2.00. The molecule has 5 atom stereocenters. The number of carbonyl (C=O) groups is 4. The molecule has 3 fully saturated rings. The van der Waals surface area contributed by atoms with Crippen molar-refractivity contribution in [1.82, 2.24) is 0 Å². The molecule has 1 aliphatic carbocycles. The molecule has 0 radical (unpaired) electrons. The van der Waals surface area contributed by atoms with E-state index in [1.165, 1.54) is 4.90 Å². The van der Waals surface area contributed by atoms with Crippen LogP contribution in [0.15, 0.2) is 42.5 Å². The van der Waals surface area contributed by atoms with Crippen LogP contribution in [0.2, 0.25) is 0 Å². The molecule has 0 bridgehead atoms. The molecule has 37 heavy (non-hydrogen) atoms. The lowest BCUT2D eigenvalue weighted by atomic mass is 9.81. The molecule has 0 aromatic heterocycles. The number of rotatable bonds is 5. The number of hydrogen-bond acceptors (Lipinski definition) is 6. The molecule has 2 aromatic rings. The Balaban J connectivity index is 1.27. The smallest absolute Gasteiger partial charge is 0.316 e. The molecule has 8 nitrogen and oxygen atoms in total. The minimum atomic E-state index is -0.603. The number of nitrogens with zero attached hydrogens (tertiary/aromatic N) is 2. The highest BCUT2D eigenvalue weighted by atomic mass is 79.9. The number of amides is 3. The SMILES string of the molecule is COc1ccc(N2C[C@H](C(=O)Oc3ccc(N4C(=O)[C@@H]5C[C@H](Br)[C@@H](Br)C[C@H]5C4=O)c(C)c3)CC2=O)cc1. The van der Waals surface area contributed by atoms with E-state index in [-0.39, 0.29) is 52.2 Å². The lowest BCUT2D eigenvalue weighted by Crippen LogP contribution is -2.34. The van der Waals surface area contributed by atoms with E-state index in [1.54, 1.807) is 61.4 Å². The van der Waals surface area contributed by atoms with Gasteiger partial charge in [-0.15, -0.1) is 0 Å². The van der Waals surface area contributed by atoms with Crippen molar-refractivity contribution >= 4 is 66.9 Å². The zero-order valence-electron chi connectivity index (χ0n) is 20.4. The fraction of sp³-hybridized carbons (Fsp3) is 0.407. The number of methoxy groups -OCH3 is 1. The fourth-order valence-corrected chi connectivity index (χ4v) is 6.59. The van der Waals surface area contributed by atoms with Crippen LogP contribution < -0.4 is 19.3 Å². The van der Waals surface area contributed by atoms with Crippen LogP contribution in [-0.4, -0.2) is 47.0 Å². The maximum atomic E-state index is 13.1. The van der Waals surface area contributed by atoms with Gasteiger partial charge in [-0.05, 0) is 67.8 Å². The number of alkyl halides is 2. The molecule has 3 aliphatic rings. The molecule has 0 unspecified atom stereocenters. The molecule has 2 heterocycles. The van der Waals surface area contributed by atoms with Crippen molar-refractivity contribution in [2.45, 2.75) is 35.8 Å². The molecule has 0 N–H and O–H groups in total. The first-order chi connectivity index (χ1) is 17.7. The Bertz CT molecular complexity index is 1240. The Labute approximate surface area is 231 Å². The van der Waals surface area contributed by atoms with Gasteiger partial charge in [-0.2, -0.15) is 0 Å². The minimum absolute atomic E-state index is 0.0601. The number of imide groups is 1. The van der Waals surface area contributed by atoms with Gasteiger partial charge in [0.15, 0.2) is 0 Å². The summed E-state index contributed by atoms with van der Waals surface area (Å²) in [5.74, 6) is -1.31. The Morgan fingerprint density at radius 2 is 1.51 bits per heavy atom. The van der Waals surface area contributed by atoms with E-state index in [1.807, 2.05) is 0 Å². The van der Waals surface area contributed by atoms with Crippen LogP contribution in [0.25, 0.3) is 0 Å². The largest absolute Gasteiger partial charge is 0.497 e. The fourth-order valence-electron chi connectivity index (χ4n) is 5.35. The van der Waals surface area contributed by atoms with Gasteiger partial charge in [0.2, 0.25) is 17.7 Å². The summed E-state index contributed by atoms with van der Waals surface area (Å²) >= 11 is 7.22. The zero-order valence-corrected chi connectivity index (χ0v) is 23.5. The van der Waals surface area contributed by atoms with Gasteiger partial charge in [0.25, 0.3) is 0 Å². The summed E-state index contributed by atoms with van der Waals surface area (Å²) in [6, 6.07) is 12.0. The van der Waals surface area contributed by atoms with Crippen molar-refractivity contribution in [3.8, 4) is 11.5 Å². The van der Waals surface area contributed by atoms with Crippen molar-refractivity contribution in [2.24, 2.45) is 17.8 Å². The summed E-state index contributed by atoms with van der Waals surface area (Å²) in [4.78, 5) is 54.9. The van der Waals surface area contributed by atoms with E-state index >= 15 is 0 Å². The number of halogens is 2. The van der Waals surface area contributed by atoms with Gasteiger partial charge in [-0.1, -0.05) is 31.9 Å². The van der Waals surface area contributed by atoms with Gasteiger partial charge >= 0.3 is 5.97 Å². The standard InChI is InChI=1S/C27H26Br2N2O6/c1-14-9-18(7-8-23(14)31-25(33)19-11-21(28)22(29)12-20(19)26(31)34)37-27(35)15-10-24(32)30(13-15)16-3-5-17(36-2)6-4-16/h3-9,15,19-22H,10-13H2,1-2H3/t15-,19-,20-,21+,22+/m1/s1. The Kier molecular flexibility index (Phi) is 7.15. The van der Waals surface area contributed by atoms with Gasteiger partial charge in [-0.3, -0.25) is 19.2 Å². The zero-order chi connectivity index (χ0) is 26.4. The highest BCUT2D eigenvalue weighted by Gasteiger charge is 2.52. The van der Waals surface area contributed by atoms with Crippen LogP contribution >= 0.6 is 31.9 Å². The first-order valence-corrected chi connectivity index (χ1v) is 13.9. The Morgan fingerprint density at radius 1 is 0.919 bits per heavy atom. The van der Waals surface area contributed by atoms with Crippen molar-refractivity contribution in [3.05, 3.63) is 48.0 Å². The van der Waals surface area contributed by atoms with Crippen LogP contribution in [-0.2, 0) is 19.2 Å². The van der Waals surface area contributed by atoms with E-state index in [2.05, 4.69) is 31.9 Å². The molecule has 3 amide bonds. The first kappa shape index (κ1) is 25.9. The van der Waals surface area contributed by atoms with Crippen LogP contribution in [0.1, 0.15) is 24.8 Å². The third kappa shape index (κ3) is 4.81. The molecule has 2 aliphatic heterocycles. The van der Waals surface area contributed by atoms with Crippen LogP contribution in [0.3, 0.4) is 0 Å². The highest BCUT2D eigenvalue weighted by molar-refractivity contribution is 9.12. The van der Waals surface area contributed by atoms with Crippen LogP contribution in [0.4, 0.5) is 11.4 Å². The highest BCUT2D eigenvalue weighted by Crippen LogP contribution is 2.45. The third-order valence-corrected chi connectivity index (χ3v) is 10.1. The Morgan fingerprint density at radius 3 is 2.08 bits per heavy atom. The molecular weight excluding hydrogens is 608 g/mol. The van der Waals surface area contributed by atoms with E-state index in [0.29, 0.717) is 41.3 Å². The number of ether oxygens (including phenoxy) is 2. The average Bonchev–Trinajstić information content (AvgIpc) is 3.37. The number of esters is 1. The monoisotopic (exact) mass is 632 g/mol. The summed E-state index contributed by atoms with van der Waals surface area (Å²) < 4.78 is 10.8. The van der Waals surface area contributed by atoms with Gasteiger partial charge in [0.05, 0.1) is 30.6 Å². The minimum Gasteiger partial charge on any atom is -0.497 e. The maximum absolute atomic E-state index is 13.1. The molecule has 1 saturated carbocycles. The van der Waals surface area contributed by atoms with Gasteiger partial charge in [-0.25, -0.2) is 4.90 Å². The second-order valence-electron chi connectivity index (χ2n) is 9.70. The molecule has 2 saturated heterocycles. The van der Waals surface area contributed by atoms with Crippen molar-refractivity contribution in [1.29, 1.82) is 0 Å². The number of carbonyl (C=O) groups excluding carboxylic acids is 4. The summed E-state index contributed by atoms with van der Waals surface area (Å²) in [7, 11) is 1.57. The van der Waals surface area contributed by atoms with Gasteiger partial charge in [0.1, 0.15) is 11.5 Å². The topological polar surface area (TPSA) is 93.2 Å². The van der Waals surface area contributed by atoms with Gasteiger partial charge < -0.3 is 14.4 Å². The number of hydrogen-bond donors (Lipinski definition) is 0. The number of benzene rings is 2. The van der Waals surface area contributed by atoms with E-state index < -0.39 is 11.9 Å². The average molecular weight is 634 g/mol. The lowest BCUT2D eigenvalue weighted by Gasteiger charge is -2.29. The quantitative estimate of drug-likeness (QED) is 0.210. The van der Waals surface area contributed by atoms with E-state index in [0.717, 1.165) is 0 Å². The third-order valence-electron chi connectivity index (χ3n) is 7.38. The molecule has 2 aromatic carbocycles. The molecule has 194 valence electrons. The van der Waals surface area contributed by atoms with Crippen LogP contribution in [0, 0.1) is 24.7 Å². The molecule has 5 rings (SSSR count). The normalized spacial score (nSPS) is 27.5. The summed E-state index contributed by atoms with van der Waals surface area (Å²) in [5.41, 5.74) is 1.85. The predicted molar refractivity (Wildman–Crippen MR) is 144 cm³/mol. The maximum Gasteiger partial charge on any atom is 0.316 e. The Hall–Kier alpha value is -2.72. The molecular formula is C27H26Br2N2O6. The second kappa shape index (κ2) is 10.2. The lowest BCUT2D eigenvalue weighted by molar-refractivity contribution is -0.139. The first-order valence-electron chi connectivity index (χ1n) is 12.1. The molecule has 0 spiro atoms. The second-order valence-corrected chi connectivity index (χ2v) is 12.1. The van der Waals surface area contributed by atoms with Crippen molar-refractivity contribution < 1.29 is 28.7 Å². The van der Waals surface area contributed by atoms with Crippen molar-refractivity contribution in [2.75, 3.05) is 23.5 Å². The molecule has 10 heteroatoms. The van der Waals surface area contributed by atoms with E-state index in [9.17, 15) is 19.2 Å². The summed E-state index contributed by atoms with van der Waals surface area (Å²) in [5, 5.41) is 0. The number of aryl methyl sites for hydroxylation is 1. The van der Waals surface area contributed by atoms with Crippen LogP contribution in [0.5, 0.6) is 11.5 Å².